The van der Waals surface area contributed by atoms with Gasteiger partial charge in [0.2, 0.25) is 0 Å². The first-order chi connectivity index (χ1) is 10.1. The first-order valence-corrected chi connectivity index (χ1v) is 7.07. The lowest BCUT2D eigenvalue weighted by atomic mass is 10.1. The van der Waals surface area contributed by atoms with Gasteiger partial charge in [-0.3, -0.25) is 4.57 Å². The summed E-state index contributed by atoms with van der Waals surface area (Å²) in [7, 11) is 0. The van der Waals surface area contributed by atoms with E-state index in [1.165, 1.54) is 0 Å². The van der Waals surface area contributed by atoms with Crippen molar-refractivity contribution in [2.24, 2.45) is 0 Å². The minimum atomic E-state index is -0.976. The Kier molecular flexibility index (Phi) is 3.58. The molecule has 104 valence electrons. The molecule has 0 saturated carbocycles. The fraction of sp³-hybridized carbons (Fsp3) is 0. The van der Waals surface area contributed by atoms with E-state index in [0.29, 0.717) is 0 Å². The Bertz CT molecular complexity index is 852. The molecule has 1 N–H and O–H groups in total. The minimum absolute atomic E-state index is 0.801. The molecule has 0 saturated heterocycles. The summed E-state index contributed by atoms with van der Waals surface area (Å²) in [5.41, 5.74) is 3.55. The second kappa shape index (κ2) is 5.54. The third-order valence-corrected chi connectivity index (χ3v) is 3.60. The Morgan fingerprint density at radius 3 is 2.86 bits per heavy atom. The minimum Gasteiger partial charge on any atom is -0.478 e. The van der Waals surface area contributed by atoms with Gasteiger partial charge in [-0.15, -0.1) is 0 Å². The standard InChI is InChI=1S/C16H11BrN2O2/c17-12-6-7-14(11(9-12)5-8-16(20)21)19-10-18-13-3-1-2-4-15(13)19/h1-10H,(H,20,21)/b8-5+. The summed E-state index contributed by atoms with van der Waals surface area (Å²) in [6.45, 7) is 0. The van der Waals surface area contributed by atoms with Crippen molar-refractivity contribution in [3.05, 3.63) is 64.9 Å². The number of hydrogen-bond acceptors (Lipinski definition) is 2. The van der Waals surface area contributed by atoms with Crippen LogP contribution in [0, 0.1) is 0 Å². The highest BCUT2D eigenvalue weighted by atomic mass is 79.9. The molecule has 5 heteroatoms. The van der Waals surface area contributed by atoms with Gasteiger partial charge in [0, 0.05) is 10.5 Å². The molecular formula is C16H11BrN2O2. The second-order valence-electron chi connectivity index (χ2n) is 4.48. The molecule has 0 fully saturated rings. The molecule has 0 aliphatic rings. The van der Waals surface area contributed by atoms with Gasteiger partial charge in [0.25, 0.3) is 0 Å². The van der Waals surface area contributed by atoms with Crippen LogP contribution in [0.3, 0.4) is 0 Å². The van der Waals surface area contributed by atoms with E-state index in [9.17, 15) is 4.79 Å². The number of fused-ring (bicyclic) bond motifs is 1. The molecule has 0 atom stereocenters. The molecule has 0 radical (unpaired) electrons. The molecule has 0 aliphatic carbocycles. The highest BCUT2D eigenvalue weighted by Crippen LogP contribution is 2.25. The Balaban J connectivity index is 2.20. The molecule has 21 heavy (non-hydrogen) atoms. The molecular weight excluding hydrogens is 332 g/mol. The number of carboxylic acids is 1. The topological polar surface area (TPSA) is 55.1 Å². The van der Waals surface area contributed by atoms with Gasteiger partial charge in [-0.25, -0.2) is 9.78 Å². The summed E-state index contributed by atoms with van der Waals surface area (Å²) in [6.07, 6.45) is 4.45. The average Bonchev–Trinajstić information content (AvgIpc) is 2.89. The summed E-state index contributed by atoms with van der Waals surface area (Å²) in [4.78, 5) is 15.1. The van der Waals surface area contributed by atoms with Gasteiger partial charge >= 0.3 is 5.97 Å². The smallest absolute Gasteiger partial charge is 0.328 e. The molecule has 3 aromatic rings. The van der Waals surface area contributed by atoms with Crippen LogP contribution in [0.2, 0.25) is 0 Å². The van der Waals surface area contributed by atoms with Crippen molar-refractivity contribution >= 4 is 39.0 Å². The van der Waals surface area contributed by atoms with Crippen molar-refractivity contribution in [2.75, 3.05) is 0 Å². The second-order valence-corrected chi connectivity index (χ2v) is 5.39. The quantitative estimate of drug-likeness (QED) is 0.734. The van der Waals surface area contributed by atoms with E-state index in [4.69, 9.17) is 5.11 Å². The lowest BCUT2D eigenvalue weighted by Gasteiger charge is -2.09. The molecule has 0 spiro atoms. The van der Waals surface area contributed by atoms with Crippen LogP contribution >= 0.6 is 15.9 Å². The van der Waals surface area contributed by atoms with Crippen molar-refractivity contribution in [2.45, 2.75) is 0 Å². The summed E-state index contributed by atoms with van der Waals surface area (Å²) in [6, 6.07) is 13.5. The first-order valence-electron chi connectivity index (χ1n) is 6.28. The van der Waals surface area contributed by atoms with Crippen molar-refractivity contribution in [3.8, 4) is 5.69 Å². The van der Waals surface area contributed by atoms with E-state index in [2.05, 4.69) is 20.9 Å². The van der Waals surface area contributed by atoms with Crippen LogP contribution in [-0.2, 0) is 4.79 Å². The number of rotatable bonds is 3. The van der Waals surface area contributed by atoms with Crippen LogP contribution in [0.5, 0.6) is 0 Å². The predicted molar refractivity (Wildman–Crippen MR) is 85.4 cm³/mol. The summed E-state index contributed by atoms with van der Waals surface area (Å²) < 4.78 is 2.84. The van der Waals surface area contributed by atoms with Gasteiger partial charge in [0.15, 0.2) is 0 Å². The van der Waals surface area contributed by atoms with E-state index in [1.54, 1.807) is 12.4 Å². The molecule has 2 aromatic carbocycles. The van der Waals surface area contributed by atoms with Crippen molar-refractivity contribution in [3.63, 3.8) is 0 Å². The fourth-order valence-corrected chi connectivity index (χ4v) is 2.57. The number of aromatic nitrogens is 2. The molecule has 1 aromatic heterocycles. The largest absolute Gasteiger partial charge is 0.478 e. The SMILES string of the molecule is O=C(O)/C=C/c1cc(Br)ccc1-n1cnc2ccccc21. The predicted octanol–water partition coefficient (Wildman–Crippen LogP) is 3.89. The number of hydrogen-bond donors (Lipinski definition) is 1. The summed E-state index contributed by atoms with van der Waals surface area (Å²) in [5, 5.41) is 8.82. The van der Waals surface area contributed by atoms with Crippen LogP contribution < -0.4 is 0 Å². The van der Waals surface area contributed by atoms with E-state index in [-0.39, 0.29) is 0 Å². The highest BCUT2D eigenvalue weighted by Gasteiger charge is 2.08. The Labute approximate surface area is 129 Å². The Morgan fingerprint density at radius 2 is 2.05 bits per heavy atom. The maximum absolute atomic E-state index is 10.8. The first kappa shape index (κ1) is 13.6. The molecule has 3 rings (SSSR count). The molecule has 0 amide bonds. The third kappa shape index (κ3) is 2.73. The molecule has 0 unspecified atom stereocenters. The zero-order chi connectivity index (χ0) is 14.8. The van der Waals surface area contributed by atoms with Crippen molar-refractivity contribution in [1.82, 2.24) is 9.55 Å². The number of carbonyl (C=O) groups is 1. The summed E-state index contributed by atoms with van der Waals surface area (Å²) >= 11 is 3.41. The number of benzene rings is 2. The monoisotopic (exact) mass is 342 g/mol. The van der Waals surface area contributed by atoms with Crippen molar-refractivity contribution < 1.29 is 9.90 Å². The van der Waals surface area contributed by atoms with Gasteiger partial charge in [0.1, 0.15) is 6.33 Å². The molecule has 4 nitrogen and oxygen atoms in total. The third-order valence-electron chi connectivity index (χ3n) is 3.11. The Morgan fingerprint density at radius 1 is 1.24 bits per heavy atom. The number of imidazole rings is 1. The van der Waals surface area contributed by atoms with Crippen LogP contribution in [0.1, 0.15) is 5.56 Å². The van der Waals surface area contributed by atoms with Gasteiger partial charge in [0.05, 0.1) is 16.7 Å². The number of aliphatic carboxylic acids is 1. The van der Waals surface area contributed by atoms with Crippen LogP contribution in [0.25, 0.3) is 22.8 Å². The number of nitrogens with zero attached hydrogens (tertiary/aromatic N) is 2. The zero-order valence-electron chi connectivity index (χ0n) is 10.9. The number of halogens is 1. The summed E-state index contributed by atoms with van der Waals surface area (Å²) in [5.74, 6) is -0.976. The number of para-hydroxylation sites is 2. The zero-order valence-corrected chi connectivity index (χ0v) is 12.5. The molecule has 1 heterocycles. The van der Waals surface area contributed by atoms with E-state index in [1.807, 2.05) is 47.0 Å². The van der Waals surface area contributed by atoms with E-state index in [0.717, 1.165) is 32.8 Å². The number of carboxylic acid groups (broad SMARTS) is 1. The molecule has 0 aliphatic heterocycles. The van der Waals surface area contributed by atoms with E-state index >= 15 is 0 Å². The fourth-order valence-electron chi connectivity index (χ4n) is 2.19. The average molecular weight is 343 g/mol. The Hall–Kier alpha value is -2.40. The van der Waals surface area contributed by atoms with Crippen molar-refractivity contribution in [1.29, 1.82) is 0 Å². The molecule has 0 bridgehead atoms. The van der Waals surface area contributed by atoms with Gasteiger partial charge in [-0.1, -0.05) is 28.1 Å². The lowest BCUT2D eigenvalue weighted by molar-refractivity contribution is -0.131. The van der Waals surface area contributed by atoms with Crippen LogP contribution in [-0.4, -0.2) is 20.6 Å². The van der Waals surface area contributed by atoms with Gasteiger partial charge in [-0.05, 0) is 42.0 Å². The maximum atomic E-state index is 10.8. The highest BCUT2D eigenvalue weighted by molar-refractivity contribution is 9.10. The van der Waals surface area contributed by atoms with Crippen LogP contribution in [0.15, 0.2) is 59.3 Å². The van der Waals surface area contributed by atoms with Gasteiger partial charge < -0.3 is 5.11 Å². The lowest BCUT2D eigenvalue weighted by Crippen LogP contribution is -1.96. The van der Waals surface area contributed by atoms with E-state index < -0.39 is 5.97 Å². The maximum Gasteiger partial charge on any atom is 0.328 e. The van der Waals surface area contributed by atoms with Crippen LogP contribution in [0.4, 0.5) is 0 Å². The van der Waals surface area contributed by atoms with Gasteiger partial charge in [-0.2, -0.15) is 0 Å². The normalized spacial score (nSPS) is 11.3.